The Hall–Kier alpha value is -12.9. The molecular weight excluding hydrogens is 1720 g/mol. The number of methoxy groups -OCH3 is 1. The molecule has 3 heterocycles. The van der Waals surface area contributed by atoms with Gasteiger partial charge in [-0.25, -0.2) is 15.0 Å². The molecule has 31 nitrogen and oxygen atoms in total. The van der Waals surface area contributed by atoms with Crippen molar-refractivity contribution in [1.82, 2.24) is 40.3 Å². The lowest BCUT2D eigenvalue weighted by molar-refractivity contribution is -0.155. The number of benzene rings is 6. The van der Waals surface area contributed by atoms with Crippen LogP contribution in [0.2, 0.25) is 15.1 Å². The van der Waals surface area contributed by atoms with Gasteiger partial charge in [0.25, 0.3) is 41.4 Å². The van der Waals surface area contributed by atoms with Gasteiger partial charge >= 0.3 is 5.97 Å². The molecule has 0 saturated carbocycles. The molecule has 4 radical (unpaired) electrons. The normalized spacial score (nSPS) is 10.2. The minimum absolute atomic E-state index is 0. The van der Waals surface area contributed by atoms with Gasteiger partial charge in [0.1, 0.15) is 63.7 Å². The molecule has 9 aromatic rings. The van der Waals surface area contributed by atoms with Gasteiger partial charge in [-0.1, -0.05) is 118 Å². The van der Waals surface area contributed by atoms with Crippen molar-refractivity contribution in [3.05, 3.63) is 248 Å². The molecule has 0 atom stereocenters. The first-order valence-electron chi connectivity index (χ1n) is 39.5. The molecule has 9 rings (SSSR count). The summed E-state index contributed by atoms with van der Waals surface area (Å²) in [5.41, 5.74) is 9.34. The second kappa shape index (κ2) is 56.9. The van der Waals surface area contributed by atoms with Crippen LogP contribution in [-0.2, 0) is 19.1 Å². The van der Waals surface area contributed by atoms with Crippen molar-refractivity contribution in [3.8, 4) is 17.2 Å². The molecule has 14 N–H and O–H groups in total. The lowest BCUT2D eigenvalue weighted by Gasteiger charge is -2.19. The number of carbonyl (C=O) groups excluding carboxylic acids is 9. The van der Waals surface area contributed by atoms with Gasteiger partial charge < -0.3 is 82.3 Å². The minimum atomic E-state index is -0.559. The number of nitrogens with zero attached hydrogens (tertiary/aromatic N) is 6. The molecule has 0 spiro atoms. The molecule has 8 amide bonds. The van der Waals surface area contributed by atoms with E-state index in [1.807, 2.05) is 20.8 Å². The number of aromatic nitrogens is 3. The van der Waals surface area contributed by atoms with Crippen LogP contribution in [0, 0.1) is 16.2 Å². The maximum absolute atomic E-state index is 13.3. The SMILES string of the molecule is C.C.CC(C)(C)OC(=O)CCCCCCCNC(=O)CCl.CN(C)C(=N)c1ccc(C(=O)Nc2ccc(O)cc2C(=O)Nc2ccc(Cl)cn2)cc1.CN(C)C(=N)c1ccc(C(=O)Nc2ccc(OCC(=O)NCCCCCCN)cc2C(=O)Nc2ccc(Cl)cn2)cc1.COc1ccc(NC(=O)c2ccc(C(=N)N(C)C)cc2)c(C(=O)Nc2ccc(Cl)cn2)c1.[B][B]. The third kappa shape index (κ3) is 38.9. The molecule has 0 fully saturated rings. The summed E-state index contributed by atoms with van der Waals surface area (Å²) in [5.74, 6) is -0.940. The van der Waals surface area contributed by atoms with E-state index in [0.717, 1.165) is 57.8 Å². The van der Waals surface area contributed by atoms with E-state index < -0.39 is 41.0 Å². The average molecular weight is 1830 g/mol. The van der Waals surface area contributed by atoms with Crippen LogP contribution in [0.5, 0.6) is 17.2 Å². The number of unbranched alkanes of at least 4 members (excludes halogenated alkanes) is 7. The van der Waals surface area contributed by atoms with Crippen molar-refractivity contribution in [2.75, 3.05) is 113 Å². The Morgan fingerprint density at radius 1 is 0.430 bits per heavy atom. The number of rotatable bonds is 34. The van der Waals surface area contributed by atoms with Crippen LogP contribution in [0.1, 0.15) is 179 Å². The first kappa shape index (κ1) is 109. The summed E-state index contributed by atoms with van der Waals surface area (Å²) in [4.78, 5) is 129. The topological polar surface area (TPSA) is 444 Å². The number of ether oxygens (including phenoxy) is 3. The van der Waals surface area contributed by atoms with Gasteiger partial charge in [0.05, 0.1) is 55.9 Å². The monoisotopic (exact) mass is 1830 g/mol. The second-order valence-corrected chi connectivity index (χ2v) is 30.6. The van der Waals surface area contributed by atoms with Gasteiger partial charge in [-0.2, -0.15) is 0 Å². The number of phenolic OH excluding ortho intramolecular Hbond substituents is 1. The Morgan fingerprint density at radius 2 is 0.758 bits per heavy atom. The Kier molecular flexibility index (Phi) is 48.6. The number of hydrogen-bond acceptors (Lipinski definition) is 20. The van der Waals surface area contributed by atoms with Gasteiger partial charge in [-0.3, -0.25) is 59.4 Å². The molecule has 37 heteroatoms. The third-order valence-corrected chi connectivity index (χ3v) is 18.4. The zero-order valence-corrected chi connectivity index (χ0v) is 74.7. The van der Waals surface area contributed by atoms with Crippen molar-refractivity contribution in [2.24, 2.45) is 5.73 Å². The number of alkyl halides is 1. The quantitative estimate of drug-likeness (QED) is 0.00339. The van der Waals surface area contributed by atoms with Gasteiger partial charge in [0, 0.05) is 129 Å². The highest BCUT2D eigenvalue weighted by Crippen LogP contribution is 2.29. The highest BCUT2D eigenvalue weighted by molar-refractivity contribution is 6.75. The zero-order chi connectivity index (χ0) is 93.0. The fourth-order valence-corrected chi connectivity index (χ4v) is 11.4. The molecule has 0 aliphatic heterocycles. The van der Waals surface area contributed by atoms with Crippen LogP contribution in [0.25, 0.3) is 0 Å². The molecule has 3 aromatic heterocycles. The van der Waals surface area contributed by atoms with Gasteiger partial charge in [0.15, 0.2) is 6.61 Å². The van der Waals surface area contributed by atoms with Gasteiger partial charge in [-0.15, -0.1) is 11.6 Å². The predicted octanol–water partition coefficient (Wildman–Crippen LogP) is 15.6. The summed E-state index contributed by atoms with van der Waals surface area (Å²) in [6, 6.07) is 42.6. The van der Waals surface area contributed by atoms with E-state index in [1.54, 1.807) is 178 Å². The number of aromatic hydroxyl groups is 1. The number of amides is 8. The number of halogens is 4. The standard InChI is InChI=1S/C30H36ClN7O4.C23H22ClN5O3.C22H20ClN5O3.C14H26ClNO3.2CH4.B2/c1-38(2)28(33)20-7-9-21(10-8-20)29(40)36-25-13-12-23(42-19-27(39)34-16-6-4-3-5-15-32)17-24(25)30(41)37-26-14-11-22(31)18-35-26;1-29(2)21(25)14-4-6-15(7-5-14)22(30)27-19-10-9-17(32-3)12-18(19)23(31)28-20-11-8-16(24)13-26-20;1-28(2)20(24)13-3-5-14(6-4-13)21(30)26-18-9-8-16(29)11-17(18)22(31)27-19-10-7-15(23)12-25-19;1-14(2,3)19-13(18)9-7-5-4-6-8-10-16-12(17)11-15;;;1-2/h7-14,17-18,33H,3-6,15-16,19,32H2,1-2H3,(H,34,39)(H,36,40)(H,35,37,41);4-13,25H,1-3H3,(H,27,30)(H,26,28,31);3-12,24,29H,1-2H3,(H,26,30)(H,25,27,31);4-11H2,1-3H3,(H,16,17);2*1H4;. The Labute approximate surface area is 770 Å². The van der Waals surface area contributed by atoms with Crippen molar-refractivity contribution in [3.63, 3.8) is 0 Å². The molecule has 0 saturated heterocycles. The molecule has 0 aliphatic rings. The lowest BCUT2D eigenvalue weighted by atomic mass is 9.81. The third-order valence-electron chi connectivity index (χ3n) is 17.5. The highest BCUT2D eigenvalue weighted by atomic mass is 35.5. The summed E-state index contributed by atoms with van der Waals surface area (Å²) in [5, 5.41) is 56.9. The molecular formula is C91H112B2Cl4N18O13. The number of pyridine rings is 3. The second-order valence-electron chi connectivity index (χ2n) is 29.0. The maximum Gasteiger partial charge on any atom is 0.306 e. The number of amidine groups is 3. The summed E-state index contributed by atoms with van der Waals surface area (Å²) in [6.07, 6.45) is 13.5. The van der Waals surface area contributed by atoms with E-state index in [1.165, 1.54) is 68.2 Å². The van der Waals surface area contributed by atoms with Gasteiger partial charge in [0.2, 0.25) is 5.91 Å². The Balaban J connectivity index is 0.000000448. The summed E-state index contributed by atoms with van der Waals surface area (Å²) < 4.78 is 16.1. The number of anilines is 6. The smallest absolute Gasteiger partial charge is 0.306 e. The minimum Gasteiger partial charge on any atom is -0.508 e. The predicted molar refractivity (Wildman–Crippen MR) is 512 cm³/mol. The van der Waals surface area contributed by atoms with Crippen LogP contribution in [-0.4, -0.2) is 208 Å². The fraction of sp³-hybridized carbons (Fsp3) is 0.308. The molecule has 6 aromatic carbocycles. The van der Waals surface area contributed by atoms with Crippen LogP contribution in [0.4, 0.5) is 34.5 Å². The van der Waals surface area contributed by atoms with E-state index in [9.17, 15) is 48.3 Å². The largest absolute Gasteiger partial charge is 0.508 e. The van der Waals surface area contributed by atoms with E-state index in [2.05, 4.69) is 73.0 Å². The summed E-state index contributed by atoms with van der Waals surface area (Å²) in [6.45, 7) is 7.27. The first-order valence-corrected chi connectivity index (χ1v) is 41.2. The molecule has 0 unspecified atom stereocenters. The van der Waals surface area contributed by atoms with Gasteiger partial charge in [-0.05, 0) is 180 Å². The van der Waals surface area contributed by atoms with Crippen molar-refractivity contribution in [1.29, 1.82) is 16.2 Å². The first-order chi connectivity index (χ1) is 60.0. The number of hydrogen-bond donors (Lipinski definition) is 13. The van der Waals surface area contributed by atoms with E-state index in [-0.39, 0.29) is 96.3 Å². The van der Waals surface area contributed by atoms with E-state index in [4.69, 9.17) is 82.6 Å². The molecule has 678 valence electrons. The van der Waals surface area contributed by atoms with E-state index >= 15 is 0 Å². The lowest BCUT2D eigenvalue weighted by Crippen LogP contribution is -2.29. The fourth-order valence-electron chi connectivity index (χ4n) is 10.9. The molecule has 0 aliphatic carbocycles. The Morgan fingerprint density at radius 3 is 1.10 bits per heavy atom. The van der Waals surface area contributed by atoms with E-state index in [0.29, 0.717) is 109 Å². The van der Waals surface area contributed by atoms with Crippen LogP contribution in [0.15, 0.2) is 182 Å². The highest BCUT2D eigenvalue weighted by Gasteiger charge is 2.23. The number of esters is 1. The molecule has 128 heavy (non-hydrogen) atoms. The van der Waals surface area contributed by atoms with Crippen molar-refractivity contribution in [2.45, 2.75) is 105 Å². The average Bonchev–Trinajstić information content (AvgIpc) is 0.834. The van der Waals surface area contributed by atoms with Crippen molar-refractivity contribution >= 4 is 167 Å². The summed E-state index contributed by atoms with van der Waals surface area (Å²) in [7, 11) is 20.1. The maximum atomic E-state index is 13.3. The Bertz CT molecular complexity index is 5140. The summed E-state index contributed by atoms with van der Waals surface area (Å²) >= 11 is 22.9. The van der Waals surface area contributed by atoms with Crippen LogP contribution in [0.3, 0.4) is 0 Å². The number of carbonyl (C=O) groups is 9. The van der Waals surface area contributed by atoms with Crippen LogP contribution >= 0.6 is 46.4 Å². The number of nitrogens with two attached hydrogens (primary N) is 1. The number of phenols is 1. The number of nitrogens with one attached hydrogen (secondary N) is 11. The molecule has 0 bridgehead atoms. The zero-order valence-electron chi connectivity index (χ0n) is 71.7. The van der Waals surface area contributed by atoms with Crippen LogP contribution < -0.4 is 57.7 Å². The van der Waals surface area contributed by atoms with Crippen molar-refractivity contribution < 1.29 is 62.5 Å².